The van der Waals surface area contributed by atoms with Crippen LogP contribution in [0.1, 0.15) is 99.1 Å². The summed E-state index contributed by atoms with van der Waals surface area (Å²) in [7, 11) is 0. The summed E-state index contributed by atoms with van der Waals surface area (Å²) in [4.78, 5) is 24.7. The third kappa shape index (κ3) is 5.60. The largest absolute Gasteiger partial charge is 0.481 e. The first-order valence-electron chi connectivity index (χ1n) is 12.0. The maximum Gasteiger partial charge on any atom is 0.304 e. The number of carbonyl (C=O) groups is 2. The third-order valence-electron chi connectivity index (χ3n) is 6.89. The number of rotatable bonds is 10. The van der Waals surface area contributed by atoms with Crippen LogP contribution >= 0.6 is 11.8 Å². The zero-order valence-electron chi connectivity index (χ0n) is 19.6. The number of hydrogen-bond donors (Lipinski definition) is 1. The molecule has 1 aromatic carbocycles. The molecule has 1 aromatic heterocycles. The average Bonchev–Trinajstić information content (AvgIpc) is 3.48. The normalized spacial score (nSPS) is 21.0. The van der Waals surface area contributed by atoms with Crippen LogP contribution in [-0.4, -0.2) is 22.1 Å². The van der Waals surface area contributed by atoms with Crippen molar-refractivity contribution in [1.82, 2.24) is 5.16 Å². The lowest BCUT2D eigenvalue weighted by molar-refractivity contribution is -0.137. The lowest BCUT2D eigenvalue weighted by Gasteiger charge is -2.35. The summed E-state index contributed by atoms with van der Waals surface area (Å²) in [5, 5.41) is 13.9. The van der Waals surface area contributed by atoms with Gasteiger partial charge in [0.05, 0.1) is 17.8 Å². The SMILES string of the molecule is Cc1ccc(N(Cl)C(=O)CC(CC(=O)O)c2noc(C3CC(CC(C)C)C3)c2C2CC2)cc1. The molecule has 1 heterocycles. The molecule has 2 saturated carbocycles. The number of carboxylic acids is 1. The van der Waals surface area contributed by atoms with E-state index >= 15 is 0 Å². The van der Waals surface area contributed by atoms with Crippen LogP contribution < -0.4 is 4.42 Å². The fraction of sp³-hybridized carbons (Fsp3) is 0.577. The standard InChI is InChI=1S/C26H33ClN2O4/c1-15(2)10-17-11-20(12-17)26-24(18-6-7-18)25(28-33-26)19(14-23(31)32)13-22(30)29(27)21-8-4-16(3)5-9-21/h4-5,8-9,15,17-20H,6-7,10-14H2,1-3H3,(H,31,32). The Morgan fingerprint density at radius 3 is 2.39 bits per heavy atom. The van der Waals surface area contributed by atoms with Gasteiger partial charge in [-0.3, -0.25) is 9.59 Å². The predicted octanol–water partition coefficient (Wildman–Crippen LogP) is 6.54. The van der Waals surface area contributed by atoms with Crippen molar-refractivity contribution in [2.24, 2.45) is 11.8 Å². The van der Waals surface area contributed by atoms with Gasteiger partial charge in [-0.1, -0.05) is 36.7 Å². The van der Waals surface area contributed by atoms with Gasteiger partial charge in [-0.15, -0.1) is 0 Å². The molecule has 2 aromatic rings. The van der Waals surface area contributed by atoms with E-state index in [4.69, 9.17) is 16.3 Å². The highest BCUT2D eigenvalue weighted by Gasteiger charge is 2.42. The summed E-state index contributed by atoms with van der Waals surface area (Å²) in [5.41, 5.74) is 3.34. The van der Waals surface area contributed by atoms with E-state index in [2.05, 4.69) is 19.0 Å². The number of carbonyl (C=O) groups excluding carboxylic acids is 1. The number of nitrogens with zero attached hydrogens (tertiary/aromatic N) is 2. The van der Waals surface area contributed by atoms with Gasteiger partial charge in [0.1, 0.15) is 5.76 Å². The molecular formula is C26H33ClN2O4. The molecule has 0 spiro atoms. The Labute approximate surface area is 200 Å². The molecule has 178 valence electrons. The molecule has 0 aliphatic heterocycles. The summed E-state index contributed by atoms with van der Waals surface area (Å²) in [6.45, 7) is 6.46. The Morgan fingerprint density at radius 2 is 1.82 bits per heavy atom. The van der Waals surface area contributed by atoms with E-state index in [9.17, 15) is 14.7 Å². The van der Waals surface area contributed by atoms with E-state index in [1.54, 1.807) is 12.1 Å². The number of aliphatic carboxylic acids is 1. The van der Waals surface area contributed by atoms with Crippen LogP contribution in [0.25, 0.3) is 0 Å². The summed E-state index contributed by atoms with van der Waals surface area (Å²) >= 11 is 6.33. The topological polar surface area (TPSA) is 83.6 Å². The number of carboxylic acid groups (broad SMARTS) is 1. The Balaban J connectivity index is 1.53. The van der Waals surface area contributed by atoms with E-state index in [0.29, 0.717) is 35.1 Å². The van der Waals surface area contributed by atoms with Crippen molar-refractivity contribution in [2.45, 2.75) is 83.5 Å². The maximum atomic E-state index is 13.0. The number of hydrogen-bond acceptors (Lipinski definition) is 4. The minimum atomic E-state index is -0.962. The molecule has 0 saturated heterocycles. The number of benzene rings is 1. The average molecular weight is 473 g/mol. The number of halogens is 1. The number of anilines is 1. The molecule has 1 N–H and O–H groups in total. The lowest BCUT2D eigenvalue weighted by Crippen LogP contribution is -2.25. The van der Waals surface area contributed by atoms with Gasteiger partial charge in [0.15, 0.2) is 0 Å². The molecule has 2 fully saturated rings. The highest BCUT2D eigenvalue weighted by molar-refractivity contribution is 6.36. The second-order valence-corrected chi connectivity index (χ2v) is 10.6. The van der Waals surface area contributed by atoms with Crippen molar-refractivity contribution < 1.29 is 19.2 Å². The van der Waals surface area contributed by atoms with E-state index in [1.807, 2.05) is 19.1 Å². The predicted molar refractivity (Wildman–Crippen MR) is 128 cm³/mol. The van der Waals surface area contributed by atoms with E-state index < -0.39 is 11.9 Å². The van der Waals surface area contributed by atoms with Gasteiger partial charge in [-0.05, 0) is 68.9 Å². The molecule has 33 heavy (non-hydrogen) atoms. The monoisotopic (exact) mass is 472 g/mol. The van der Waals surface area contributed by atoms with Crippen LogP contribution in [0.2, 0.25) is 0 Å². The molecule has 1 unspecified atom stereocenters. The second-order valence-electron chi connectivity index (χ2n) is 10.3. The molecule has 0 bridgehead atoms. The van der Waals surface area contributed by atoms with Gasteiger partial charge in [0, 0.05) is 35.6 Å². The third-order valence-corrected chi connectivity index (χ3v) is 7.27. The number of amides is 1. The molecule has 4 rings (SSSR count). The minimum Gasteiger partial charge on any atom is -0.481 e. The lowest BCUT2D eigenvalue weighted by atomic mass is 9.69. The molecular weight excluding hydrogens is 440 g/mol. The minimum absolute atomic E-state index is 0.0317. The highest BCUT2D eigenvalue weighted by Crippen LogP contribution is 2.52. The van der Waals surface area contributed by atoms with Gasteiger partial charge >= 0.3 is 5.97 Å². The van der Waals surface area contributed by atoms with Crippen molar-refractivity contribution in [2.75, 3.05) is 4.42 Å². The quantitative estimate of drug-likeness (QED) is 0.397. The Morgan fingerprint density at radius 1 is 1.15 bits per heavy atom. The first kappa shape index (κ1) is 23.8. The summed E-state index contributed by atoms with van der Waals surface area (Å²) < 4.78 is 6.93. The van der Waals surface area contributed by atoms with Crippen LogP contribution in [-0.2, 0) is 9.59 Å². The molecule has 7 heteroatoms. The molecule has 2 aliphatic carbocycles. The molecule has 0 radical (unpaired) electrons. The zero-order chi connectivity index (χ0) is 23.7. The fourth-order valence-electron chi connectivity index (χ4n) is 5.09. The highest BCUT2D eigenvalue weighted by atomic mass is 35.5. The van der Waals surface area contributed by atoms with E-state index in [1.165, 1.54) is 6.42 Å². The van der Waals surface area contributed by atoms with Crippen LogP contribution in [0.15, 0.2) is 28.8 Å². The van der Waals surface area contributed by atoms with Crippen LogP contribution in [0, 0.1) is 18.8 Å². The van der Waals surface area contributed by atoms with Gasteiger partial charge < -0.3 is 9.63 Å². The van der Waals surface area contributed by atoms with Crippen LogP contribution in [0.5, 0.6) is 0 Å². The first-order chi connectivity index (χ1) is 15.7. The van der Waals surface area contributed by atoms with Crippen molar-refractivity contribution in [3.8, 4) is 0 Å². The molecule has 2 aliphatic rings. The first-order valence-corrected chi connectivity index (χ1v) is 12.3. The summed E-state index contributed by atoms with van der Waals surface area (Å²) in [6.07, 6.45) is 5.31. The smallest absolute Gasteiger partial charge is 0.304 e. The maximum absolute atomic E-state index is 13.0. The van der Waals surface area contributed by atoms with Crippen LogP contribution in [0.4, 0.5) is 5.69 Å². The number of aromatic nitrogens is 1. The van der Waals surface area contributed by atoms with Gasteiger partial charge in [-0.2, -0.15) is 0 Å². The summed E-state index contributed by atoms with van der Waals surface area (Å²) in [6, 6.07) is 7.32. The van der Waals surface area contributed by atoms with Crippen molar-refractivity contribution in [1.29, 1.82) is 0 Å². The Kier molecular flexibility index (Phi) is 7.13. The molecule has 1 atom stereocenters. The van der Waals surface area contributed by atoms with Crippen LogP contribution in [0.3, 0.4) is 0 Å². The van der Waals surface area contributed by atoms with Gasteiger partial charge in [0.2, 0.25) is 5.91 Å². The van der Waals surface area contributed by atoms with Crippen molar-refractivity contribution in [3.63, 3.8) is 0 Å². The fourth-order valence-corrected chi connectivity index (χ4v) is 5.27. The molecule has 1 amide bonds. The van der Waals surface area contributed by atoms with Crippen molar-refractivity contribution in [3.05, 3.63) is 46.8 Å². The van der Waals surface area contributed by atoms with Gasteiger partial charge in [0.25, 0.3) is 0 Å². The zero-order valence-corrected chi connectivity index (χ0v) is 20.3. The van der Waals surface area contributed by atoms with Crippen molar-refractivity contribution >= 4 is 29.3 Å². The van der Waals surface area contributed by atoms with E-state index in [0.717, 1.165) is 47.0 Å². The second kappa shape index (κ2) is 9.88. The number of aryl methyl sites for hydroxylation is 1. The van der Waals surface area contributed by atoms with Gasteiger partial charge in [-0.25, -0.2) is 4.42 Å². The summed E-state index contributed by atoms with van der Waals surface area (Å²) in [5.74, 6) is 1.16. The van der Waals surface area contributed by atoms with E-state index in [-0.39, 0.29) is 18.7 Å². The Bertz CT molecular complexity index is 990. The Hall–Kier alpha value is -2.34. The molecule has 6 nitrogen and oxygen atoms in total.